The van der Waals surface area contributed by atoms with Crippen LogP contribution in [0.2, 0.25) is 0 Å². The van der Waals surface area contributed by atoms with E-state index in [0.29, 0.717) is 27.8 Å². The second-order valence-electron chi connectivity index (χ2n) is 11.0. The lowest BCUT2D eigenvalue weighted by atomic mass is 9.54. The van der Waals surface area contributed by atoms with Crippen LogP contribution in [0.5, 0.6) is 0 Å². The molecule has 3 aliphatic carbocycles. The van der Waals surface area contributed by atoms with Crippen LogP contribution >= 0.6 is 23.2 Å². The van der Waals surface area contributed by atoms with Crippen molar-refractivity contribution in [2.24, 2.45) is 17.8 Å². The number of anilines is 1. The number of nitro benzene ring substituents is 1. The number of likely N-dealkylation sites (tertiary alicyclic amines) is 1. The van der Waals surface area contributed by atoms with Gasteiger partial charge in [-0.3, -0.25) is 29.4 Å². The number of hydrogen-bond donors (Lipinski definition) is 1. The molecule has 4 aliphatic rings. The van der Waals surface area contributed by atoms with Crippen molar-refractivity contribution in [1.82, 2.24) is 4.90 Å². The molecule has 1 fully saturated rings. The van der Waals surface area contributed by atoms with Crippen LogP contribution in [0.1, 0.15) is 41.7 Å². The molecule has 0 aromatic heterocycles. The fourth-order valence-corrected chi connectivity index (χ4v) is 7.88. The molecular formula is C30H25Cl2N3O5. The number of alkyl halides is 2. The van der Waals surface area contributed by atoms with Gasteiger partial charge in [0.1, 0.15) is 15.8 Å². The fraction of sp³-hybridized carbons (Fsp3) is 0.300. The Morgan fingerprint density at radius 2 is 1.35 bits per heavy atom. The average molecular weight is 578 g/mol. The van der Waals surface area contributed by atoms with Gasteiger partial charge < -0.3 is 5.32 Å². The summed E-state index contributed by atoms with van der Waals surface area (Å²) >= 11 is 15.0. The summed E-state index contributed by atoms with van der Waals surface area (Å²) in [5, 5.41) is 14.1. The molecule has 1 heterocycles. The number of nitrogens with zero attached hydrogens (tertiary/aromatic N) is 2. The number of rotatable bonds is 5. The topological polar surface area (TPSA) is 110 Å². The third kappa shape index (κ3) is 3.29. The molecule has 0 radical (unpaired) electrons. The van der Waals surface area contributed by atoms with Gasteiger partial charge in [0.2, 0.25) is 17.7 Å². The van der Waals surface area contributed by atoms with Gasteiger partial charge in [-0.1, -0.05) is 68.4 Å². The smallest absolute Gasteiger partial charge is 0.274 e. The van der Waals surface area contributed by atoms with Crippen molar-refractivity contribution in [1.29, 1.82) is 0 Å². The van der Waals surface area contributed by atoms with E-state index in [1.165, 1.54) is 12.1 Å². The number of halogens is 2. The summed E-state index contributed by atoms with van der Waals surface area (Å²) < 4.78 is 0. The number of amides is 3. The molecule has 0 saturated carbocycles. The predicted octanol–water partition coefficient (Wildman–Crippen LogP) is 5.46. The maximum absolute atomic E-state index is 14.3. The van der Waals surface area contributed by atoms with Crippen LogP contribution in [0.3, 0.4) is 0 Å². The lowest BCUT2D eigenvalue weighted by Crippen LogP contribution is -2.57. The maximum atomic E-state index is 14.3. The number of carbonyl (C=O) groups excluding carboxylic acids is 3. The van der Waals surface area contributed by atoms with Crippen LogP contribution in [0.4, 0.5) is 11.4 Å². The molecule has 2 bridgehead atoms. The Balaban J connectivity index is 1.45. The van der Waals surface area contributed by atoms with E-state index in [-0.39, 0.29) is 11.4 Å². The Morgan fingerprint density at radius 3 is 1.75 bits per heavy atom. The van der Waals surface area contributed by atoms with Gasteiger partial charge in [0.15, 0.2) is 0 Å². The summed E-state index contributed by atoms with van der Waals surface area (Å²) in [6.45, 7) is 5.06. The van der Waals surface area contributed by atoms with Gasteiger partial charge in [-0.25, -0.2) is 0 Å². The van der Waals surface area contributed by atoms with Gasteiger partial charge in [-0.2, -0.15) is 0 Å². The van der Waals surface area contributed by atoms with E-state index in [2.05, 4.69) is 5.32 Å². The Kier molecular flexibility index (Phi) is 5.87. The quantitative estimate of drug-likeness (QED) is 0.187. The highest BCUT2D eigenvalue weighted by atomic mass is 35.5. The van der Waals surface area contributed by atoms with Crippen molar-refractivity contribution in [3.8, 4) is 0 Å². The summed E-state index contributed by atoms with van der Waals surface area (Å²) in [6, 6.07) is 17.8. The summed E-state index contributed by atoms with van der Waals surface area (Å²) in [4.78, 5) is 51.5. The number of nitro groups is 1. The van der Waals surface area contributed by atoms with E-state index in [9.17, 15) is 24.5 Å². The lowest BCUT2D eigenvalue weighted by molar-refractivity contribution is -0.385. The van der Waals surface area contributed by atoms with Gasteiger partial charge in [0, 0.05) is 17.3 Å². The SMILES string of the molecule is Cc1ccc(NC(=O)[C@H](C(C)C)N2C(=O)[C@H]3[C@H](C2=O)C2(Cl)c4ccccc4C3(Cl)c3ccccc32)cc1[N+](=O)[O-]. The normalized spacial score (nSPS) is 26.8. The van der Waals surface area contributed by atoms with Crippen molar-refractivity contribution < 1.29 is 19.3 Å². The second kappa shape index (κ2) is 8.88. The number of carbonyl (C=O) groups is 3. The molecule has 8 nitrogen and oxygen atoms in total. The molecule has 1 saturated heterocycles. The minimum Gasteiger partial charge on any atom is -0.324 e. The predicted molar refractivity (Wildman–Crippen MR) is 150 cm³/mol. The zero-order chi connectivity index (χ0) is 28.7. The number of nitrogens with one attached hydrogen (secondary N) is 1. The highest BCUT2D eigenvalue weighted by Crippen LogP contribution is 2.69. The molecule has 0 spiro atoms. The largest absolute Gasteiger partial charge is 0.324 e. The maximum Gasteiger partial charge on any atom is 0.274 e. The molecule has 1 aliphatic heterocycles. The van der Waals surface area contributed by atoms with Crippen molar-refractivity contribution in [2.45, 2.75) is 36.6 Å². The first-order valence-electron chi connectivity index (χ1n) is 12.9. The fourth-order valence-electron chi connectivity index (χ4n) is 6.78. The van der Waals surface area contributed by atoms with Crippen molar-refractivity contribution in [3.63, 3.8) is 0 Å². The Morgan fingerprint density at radius 1 is 0.900 bits per heavy atom. The molecule has 7 rings (SSSR count). The molecule has 3 amide bonds. The molecule has 40 heavy (non-hydrogen) atoms. The molecule has 1 N–H and O–H groups in total. The first kappa shape index (κ1) is 26.5. The van der Waals surface area contributed by atoms with Crippen LogP contribution in [0, 0.1) is 34.8 Å². The summed E-state index contributed by atoms with van der Waals surface area (Å²) in [6.07, 6.45) is 0. The average Bonchev–Trinajstić information content (AvgIpc) is 3.19. The summed E-state index contributed by atoms with van der Waals surface area (Å²) in [5.41, 5.74) is 3.16. The number of benzene rings is 3. The molecule has 3 aromatic carbocycles. The number of imide groups is 1. The highest BCUT2D eigenvalue weighted by Gasteiger charge is 2.73. The first-order valence-corrected chi connectivity index (χ1v) is 13.7. The van der Waals surface area contributed by atoms with E-state index in [4.69, 9.17) is 23.2 Å². The molecule has 3 atom stereocenters. The van der Waals surface area contributed by atoms with Crippen LogP contribution in [-0.2, 0) is 24.1 Å². The van der Waals surface area contributed by atoms with Crippen molar-refractivity contribution in [2.75, 3.05) is 5.32 Å². The molecule has 3 aromatic rings. The van der Waals surface area contributed by atoms with Gasteiger partial charge in [-0.15, -0.1) is 23.2 Å². The second-order valence-corrected chi connectivity index (χ2v) is 12.1. The summed E-state index contributed by atoms with van der Waals surface area (Å²) in [5.74, 6) is -4.31. The third-order valence-corrected chi connectivity index (χ3v) is 9.76. The zero-order valence-electron chi connectivity index (χ0n) is 21.9. The first-order chi connectivity index (χ1) is 18.9. The van der Waals surface area contributed by atoms with Crippen LogP contribution in [0.15, 0.2) is 66.7 Å². The van der Waals surface area contributed by atoms with E-state index in [0.717, 1.165) is 4.90 Å². The number of aryl methyl sites for hydroxylation is 1. The highest BCUT2D eigenvalue weighted by molar-refractivity contribution is 6.36. The molecule has 0 unspecified atom stereocenters. The molecular weight excluding hydrogens is 553 g/mol. The number of hydrogen-bond acceptors (Lipinski definition) is 5. The standard InChI is InChI=1S/C30H25Cl2N3O5/c1-15(2)25(26(36)33-17-13-12-16(3)22(14-17)35(39)40)34-27(37)23-24(28(34)38)30(32)19-9-5-4-8-18(19)29(23,31)20-10-6-7-11-21(20)30/h4-15,23-25H,1-3H3,(H,33,36)/t23-,24-,25+,29?,30?/m1/s1. The van der Waals surface area contributed by atoms with Gasteiger partial charge >= 0.3 is 0 Å². The molecule has 204 valence electrons. The lowest BCUT2D eigenvalue weighted by Gasteiger charge is -2.54. The Hall–Kier alpha value is -3.75. The van der Waals surface area contributed by atoms with Gasteiger partial charge in [0.05, 0.1) is 16.8 Å². The van der Waals surface area contributed by atoms with Gasteiger partial charge in [-0.05, 0) is 41.2 Å². The minimum atomic E-state index is -1.36. The van der Waals surface area contributed by atoms with Crippen molar-refractivity contribution in [3.05, 3.63) is 105 Å². The Bertz CT molecular complexity index is 1520. The monoisotopic (exact) mass is 577 g/mol. The van der Waals surface area contributed by atoms with Crippen LogP contribution in [0.25, 0.3) is 0 Å². The van der Waals surface area contributed by atoms with Crippen LogP contribution in [-0.4, -0.2) is 33.6 Å². The summed E-state index contributed by atoms with van der Waals surface area (Å²) in [7, 11) is 0. The van der Waals surface area contributed by atoms with E-state index < -0.39 is 56.2 Å². The third-order valence-electron chi connectivity index (χ3n) is 8.47. The Labute approximate surface area is 240 Å². The van der Waals surface area contributed by atoms with E-state index in [1.807, 2.05) is 48.5 Å². The van der Waals surface area contributed by atoms with E-state index in [1.54, 1.807) is 26.8 Å². The minimum absolute atomic E-state index is 0.154. The van der Waals surface area contributed by atoms with Crippen LogP contribution < -0.4 is 5.32 Å². The molecule has 10 heteroatoms. The van der Waals surface area contributed by atoms with E-state index >= 15 is 0 Å². The van der Waals surface area contributed by atoms with Gasteiger partial charge in [0.25, 0.3) is 5.69 Å². The van der Waals surface area contributed by atoms with Crippen molar-refractivity contribution >= 4 is 52.3 Å². The zero-order valence-corrected chi connectivity index (χ0v) is 23.4.